The molecule has 80 valence electrons. The van der Waals surface area contributed by atoms with Crippen molar-refractivity contribution in [2.24, 2.45) is 12.8 Å². The number of aromatic nitrogens is 1. The van der Waals surface area contributed by atoms with Crippen LogP contribution >= 0.6 is 0 Å². The molecule has 0 unspecified atom stereocenters. The highest BCUT2D eigenvalue weighted by Gasteiger charge is 2.07. The van der Waals surface area contributed by atoms with E-state index < -0.39 is 6.10 Å². The number of aliphatic hydroxyl groups is 1. The highest BCUT2D eigenvalue weighted by atomic mass is 16.3. The minimum absolute atomic E-state index is 0.450. The van der Waals surface area contributed by atoms with Gasteiger partial charge in [0.2, 0.25) is 0 Å². The summed E-state index contributed by atoms with van der Waals surface area (Å²) in [4.78, 5) is 0. The van der Waals surface area contributed by atoms with Crippen LogP contribution in [0.15, 0.2) is 30.5 Å². The van der Waals surface area contributed by atoms with Gasteiger partial charge in [0.25, 0.3) is 0 Å². The van der Waals surface area contributed by atoms with Crippen molar-refractivity contribution in [3.05, 3.63) is 36.0 Å². The lowest BCUT2D eigenvalue weighted by molar-refractivity contribution is 0.170. The second-order valence-corrected chi connectivity index (χ2v) is 3.84. The van der Waals surface area contributed by atoms with Crippen molar-refractivity contribution in [1.29, 1.82) is 0 Å². The molecule has 3 heteroatoms. The first-order chi connectivity index (χ1) is 7.22. The molecule has 0 radical (unpaired) electrons. The summed E-state index contributed by atoms with van der Waals surface area (Å²) in [6.07, 6.45) is 2.17. The average Bonchev–Trinajstić information content (AvgIpc) is 2.60. The van der Waals surface area contributed by atoms with Crippen LogP contribution in [-0.2, 0) is 7.05 Å². The van der Waals surface area contributed by atoms with Crippen molar-refractivity contribution in [3.8, 4) is 0 Å². The van der Waals surface area contributed by atoms with Crippen LogP contribution < -0.4 is 5.73 Å². The van der Waals surface area contributed by atoms with E-state index in [4.69, 9.17) is 5.73 Å². The smallest absolute Gasteiger partial charge is 0.0802 e. The highest BCUT2D eigenvalue weighted by Crippen LogP contribution is 2.22. The molecule has 0 saturated carbocycles. The summed E-state index contributed by atoms with van der Waals surface area (Å²) >= 11 is 0. The molecule has 0 aliphatic heterocycles. The molecule has 0 aliphatic rings. The van der Waals surface area contributed by atoms with Crippen molar-refractivity contribution >= 4 is 10.9 Å². The van der Waals surface area contributed by atoms with Gasteiger partial charge in [0.1, 0.15) is 0 Å². The third-order valence-electron chi connectivity index (χ3n) is 2.74. The molecular weight excluding hydrogens is 188 g/mol. The van der Waals surface area contributed by atoms with Crippen molar-refractivity contribution in [2.75, 3.05) is 6.54 Å². The standard InChI is InChI=1S/C12H16N2O/c1-14-7-5-9-2-3-10(8-11(9)14)12(15)4-6-13/h2-3,5,7-8,12,15H,4,6,13H2,1H3/t12-/m1/s1. The second-order valence-electron chi connectivity index (χ2n) is 3.84. The fraction of sp³-hybridized carbons (Fsp3) is 0.333. The predicted molar refractivity (Wildman–Crippen MR) is 61.6 cm³/mol. The number of hydrogen-bond donors (Lipinski definition) is 2. The number of nitrogens with two attached hydrogens (primary N) is 1. The van der Waals surface area contributed by atoms with Gasteiger partial charge in [0, 0.05) is 18.8 Å². The maximum atomic E-state index is 9.82. The molecule has 2 rings (SSSR count). The number of nitrogens with zero attached hydrogens (tertiary/aromatic N) is 1. The average molecular weight is 204 g/mol. The van der Waals surface area contributed by atoms with Crippen LogP contribution in [0, 0.1) is 0 Å². The normalized spacial score (nSPS) is 13.3. The van der Waals surface area contributed by atoms with E-state index in [0.717, 1.165) is 11.1 Å². The third kappa shape index (κ3) is 1.89. The molecule has 0 spiro atoms. The van der Waals surface area contributed by atoms with E-state index >= 15 is 0 Å². The Bertz CT molecular complexity index is 462. The third-order valence-corrected chi connectivity index (χ3v) is 2.74. The van der Waals surface area contributed by atoms with Gasteiger partial charge in [0.05, 0.1) is 6.10 Å². The Balaban J connectivity index is 2.41. The van der Waals surface area contributed by atoms with E-state index in [9.17, 15) is 5.11 Å². The molecule has 2 aromatic rings. The minimum atomic E-state index is -0.450. The fourth-order valence-electron chi connectivity index (χ4n) is 1.81. The van der Waals surface area contributed by atoms with Gasteiger partial charge in [-0.1, -0.05) is 12.1 Å². The highest BCUT2D eigenvalue weighted by molar-refractivity contribution is 5.80. The molecule has 0 aliphatic carbocycles. The van der Waals surface area contributed by atoms with Crippen LogP contribution in [0.5, 0.6) is 0 Å². The van der Waals surface area contributed by atoms with Gasteiger partial charge in [-0.25, -0.2) is 0 Å². The molecular formula is C12H16N2O. The summed E-state index contributed by atoms with van der Waals surface area (Å²) < 4.78 is 2.05. The number of rotatable bonds is 3. The van der Waals surface area contributed by atoms with E-state index in [-0.39, 0.29) is 0 Å². The fourth-order valence-corrected chi connectivity index (χ4v) is 1.81. The largest absolute Gasteiger partial charge is 0.388 e. The molecule has 1 aromatic heterocycles. The SMILES string of the molecule is Cn1ccc2ccc([C@H](O)CCN)cc21. The summed E-state index contributed by atoms with van der Waals surface area (Å²) in [5, 5.41) is 11.0. The molecule has 1 aromatic carbocycles. The molecule has 3 nitrogen and oxygen atoms in total. The molecule has 0 amide bonds. The van der Waals surface area contributed by atoms with Crippen molar-refractivity contribution < 1.29 is 5.11 Å². The summed E-state index contributed by atoms with van der Waals surface area (Å²) in [5.41, 5.74) is 7.51. The summed E-state index contributed by atoms with van der Waals surface area (Å²) in [7, 11) is 2.00. The topological polar surface area (TPSA) is 51.2 Å². The number of aryl methyl sites for hydroxylation is 1. The minimum Gasteiger partial charge on any atom is -0.388 e. The maximum absolute atomic E-state index is 9.82. The lowest BCUT2D eigenvalue weighted by atomic mass is 10.1. The van der Waals surface area contributed by atoms with Crippen LogP contribution in [0.2, 0.25) is 0 Å². The quantitative estimate of drug-likeness (QED) is 0.797. The summed E-state index contributed by atoms with van der Waals surface area (Å²) in [6, 6.07) is 8.08. The maximum Gasteiger partial charge on any atom is 0.0802 e. The van der Waals surface area contributed by atoms with Crippen molar-refractivity contribution in [1.82, 2.24) is 4.57 Å². The molecule has 15 heavy (non-hydrogen) atoms. The molecule has 1 heterocycles. The predicted octanol–water partition coefficient (Wildman–Crippen LogP) is 1.56. The van der Waals surface area contributed by atoms with Gasteiger partial charge in [-0.15, -0.1) is 0 Å². The Morgan fingerprint density at radius 1 is 1.40 bits per heavy atom. The van der Waals surface area contributed by atoms with E-state index in [2.05, 4.69) is 6.07 Å². The Labute approximate surface area is 89.1 Å². The van der Waals surface area contributed by atoms with E-state index in [1.165, 1.54) is 5.39 Å². The zero-order valence-electron chi connectivity index (χ0n) is 8.85. The molecule has 0 fully saturated rings. The Morgan fingerprint density at radius 2 is 2.20 bits per heavy atom. The summed E-state index contributed by atoms with van der Waals surface area (Å²) in [5.74, 6) is 0. The number of aliphatic hydroxyl groups excluding tert-OH is 1. The Kier molecular flexibility index (Phi) is 2.75. The number of hydrogen-bond acceptors (Lipinski definition) is 2. The van der Waals surface area contributed by atoms with E-state index in [1.807, 2.05) is 36.0 Å². The first-order valence-corrected chi connectivity index (χ1v) is 5.15. The van der Waals surface area contributed by atoms with Gasteiger partial charge in [-0.3, -0.25) is 0 Å². The van der Waals surface area contributed by atoms with Crippen LogP contribution in [0.25, 0.3) is 10.9 Å². The van der Waals surface area contributed by atoms with Crippen LogP contribution in [0.3, 0.4) is 0 Å². The first kappa shape index (κ1) is 10.2. The Morgan fingerprint density at radius 3 is 2.93 bits per heavy atom. The van der Waals surface area contributed by atoms with Crippen LogP contribution in [-0.4, -0.2) is 16.2 Å². The molecule has 3 N–H and O–H groups in total. The zero-order valence-corrected chi connectivity index (χ0v) is 8.85. The van der Waals surface area contributed by atoms with Crippen LogP contribution in [0.4, 0.5) is 0 Å². The second kappa shape index (κ2) is 4.04. The summed E-state index contributed by atoms with van der Waals surface area (Å²) in [6.45, 7) is 0.506. The van der Waals surface area contributed by atoms with E-state index in [1.54, 1.807) is 0 Å². The number of benzene rings is 1. The molecule has 0 saturated heterocycles. The Hall–Kier alpha value is -1.32. The van der Waals surface area contributed by atoms with Crippen molar-refractivity contribution in [3.63, 3.8) is 0 Å². The van der Waals surface area contributed by atoms with Crippen LogP contribution in [0.1, 0.15) is 18.1 Å². The zero-order chi connectivity index (χ0) is 10.8. The monoisotopic (exact) mass is 204 g/mol. The van der Waals surface area contributed by atoms with Gasteiger partial charge in [-0.2, -0.15) is 0 Å². The lowest BCUT2D eigenvalue weighted by Gasteiger charge is -2.09. The van der Waals surface area contributed by atoms with Gasteiger partial charge >= 0.3 is 0 Å². The van der Waals surface area contributed by atoms with Gasteiger partial charge in [-0.05, 0) is 36.0 Å². The lowest BCUT2D eigenvalue weighted by Crippen LogP contribution is -2.06. The van der Waals surface area contributed by atoms with Gasteiger partial charge < -0.3 is 15.4 Å². The van der Waals surface area contributed by atoms with E-state index in [0.29, 0.717) is 13.0 Å². The van der Waals surface area contributed by atoms with Gasteiger partial charge in [0.15, 0.2) is 0 Å². The van der Waals surface area contributed by atoms with Crippen molar-refractivity contribution in [2.45, 2.75) is 12.5 Å². The molecule has 1 atom stereocenters. The first-order valence-electron chi connectivity index (χ1n) is 5.15. The molecule has 0 bridgehead atoms. The number of fused-ring (bicyclic) bond motifs is 1.